The lowest BCUT2D eigenvalue weighted by Crippen LogP contribution is -2.49. The van der Waals surface area contributed by atoms with E-state index in [0.717, 1.165) is 17.0 Å². The van der Waals surface area contributed by atoms with Gasteiger partial charge < -0.3 is 0 Å². The Morgan fingerprint density at radius 3 is 2.53 bits per heavy atom. The standard InChI is InChI=1S/C11H8BrF3N2O2/c12-7-2-1-6(11(13,14)15)5-8(7)17-4-3-9(18)16-10(17)19/h1-2,5H,3-4H2,(H,16,18,19). The lowest BCUT2D eigenvalue weighted by molar-refractivity contribution is -0.137. The fraction of sp³-hybridized carbons (Fsp3) is 0.273. The zero-order valence-electron chi connectivity index (χ0n) is 9.42. The summed E-state index contributed by atoms with van der Waals surface area (Å²) in [6.45, 7) is 0.0462. The van der Waals surface area contributed by atoms with Gasteiger partial charge >= 0.3 is 12.2 Å². The Hall–Kier alpha value is -1.57. The van der Waals surface area contributed by atoms with E-state index >= 15 is 0 Å². The van der Waals surface area contributed by atoms with E-state index in [-0.39, 0.29) is 18.7 Å². The van der Waals surface area contributed by atoms with Gasteiger partial charge in [0, 0.05) is 17.4 Å². The molecule has 1 aliphatic heterocycles. The number of hydrogen-bond donors (Lipinski definition) is 1. The Bertz CT molecular complexity index is 545. The molecule has 0 atom stereocenters. The average Bonchev–Trinajstić information content (AvgIpc) is 2.29. The first-order valence-corrected chi connectivity index (χ1v) is 6.06. The van der Waals surface area contributed by atoms with Crippen LogP contribution in [0.25, 0.3) is 0 Å². The summed E-state index contributed by atoms with van der Waals surface area (Å²) < 4.78 is 38.3. The lowest BCUT2D eigenvalue weighted by atomic mass is 10.1. The normalized spacial score (nSPS) is 16.5. The molecular weight excluding hydrogens is 329 g/mol. The maximum Gasteiger partial charge on any atom is 0.416 e. The van der Waals surface area contributed by atoms with E-state index in [2.05, 4.69) is 21.2 Å². The molecule has 0 bridgehead atoms. The van der Waals surface area contributed by atoms with Crippen LogP contribution in [-0.2, 0) is 11.0 Å². The van der Waals surface area contributed by atoms with Crippen molar-refractivity contribution in [3.8, 4) is 0 Å². The number of anilines is 1. The van der Waals surface area contributed by atoms with Crippen LogP contribution in [0, 0.1) is 0 Å². The van der Waals surface area contributed by atoms with Crippen molar-refractivity contribution in [2.75, 3.05) is 11.4 Å². The molecular formula is C11H8BrF3N2O2. The van der Waals surface area contributed by atoms with Crippen molar-refractivity contribution < 1.29 is 22.8 Å². The summed E-state index contributed by atoms with van der Waals surface area (Å²) >= 11 is 3.10. The minimum atomic E-state index is -4.49. The van der Waals surface area contributed by atoms with Crippen molar-refractivity contribution in [1.29, 1.82) is 0 Å². The number of alkyl halides is 3. The van der Waals surface area contributed by atoms with Crippen LogP contribution in [0.3, 0.4) is 0 Å². The van der Waals surface area contributed by atoms with E-state index in [1.54, 1.807) is 0 Å². The molecule has 1 aromatic carbocycles. The smallest absolute Gasteiger partial charge is 0.292 e. The van der Waals surface area contributed by atoms with E-state index in [9.17, 15) is 22.8 Å². The van der Waals surface area contributed by atoms with E-state index in [1.165, 1.54) is 6.07 Å². The van der Waals surface area contributed by atoms with Gasteiger partial charge in [0.2, 0.25) is 5.91 Å². The Morgan fingerprint density at radius 1 is 1.26 bits per heavy atom. The lowest BCUT2D eigenvalue weighted by Gasteiger charge is -2.28. The van der Waals surface area contributed by atoms with Gasteiger partial charge in [-0.15, -0.1) is 0 Å². The van der Waals surface area contributed by atoms with Crippen LogP contribution in [0.4, 0.5) is 23.7 Å². The zero-order chi connectivity index (χ0) is 14.2. The molecule has 102 valence electrons. The number of carbonyl (C=O) groups excluding carboxylic acids is 2. The molecule has 1 aromatic rings. The molecule has 4 nitrogen and oxygen atoms in total. The summed E-state index contributed by atoms with van der Waals surface area (Å²) in [4.78, 5) is 23.7. The molecule has 0 saturated carbocycles. The van der Waals surface area contributed by atoms with Crippen molar-refractivity contribution in [3.05, 3.63) is 28.2 Å². The van der Waals surface area contributed by atoms with Crippen LogP contribution in [0.1, 0.15) is 12.0 Å². The highest BCUT2D eigenvalue weighted by Gasteiger charge is 2.33. The third kappa shape index (κ3) is 2.89. The van der Waals surface area contributed by atoms with Gasteiger partial charge in [-0.05, 0) is 34.1 Å². The summed E-state index contributed by atoms with van der Waals surface area (Å²) in [5.41, 5.74) is -0.768. The summed E-state index contributed by atoms with van der Waals surface area (Å²) in [5, 5.41) is 2.06. The maximum absolute atomic E-state index is 12.6. The van der Waals surface area contributed by atoms with Crippen LogP contribution < -0.4 is 10.2 Å². The highest BCUT2D eigenvalue weighted by Crippen LogP contribution is 2.35. The molecule has 0 unspecified atom stereocenters. The molecule has 2 rings (SSSR count). The van der Waals surface area contributed by atoms with Gasteiger partial charge in [-0.3, -0.25) is 15.0 Å². The molecule has 1 saturated heterocycles. The number of urea groups is 1. The SMILES string of the molecule is O=C1CCN(c2cc(C(F)(F)F)ccc2Br)C(=O)N1. The highest BCUT2D eigenvalue weighted by atomic mass is 79.9. The van der Waals surface area contributed by atoms with E-state index in [1.807, 2.05) is 0 Å². The zero-order valence-corrected chi connectivity index (χ0v) is 11.0. The monoisotopic (exact) mass is 336 g/mol. The van der Waals surface area contributed by atoms with Gasteiger partial charge in [-0.1, -0.05) is 0 Å². The number of benzene rings is 1. The molecule has 1 heterocycles. The Morgan fingerprint density at radius 2 is 1.95 bits per heavy atom. The van der Waals surface area contributed by atoms with Crippen molar-refractivity contribution in [3.63, 3.8) is 0 Å². The average molecular weight is 337 g/mol. The third-order valence-electron chi connectivity index (χ3n) is 2.62. The molecule has 1 N–H and O–H groups in total. The summed E-state index contributed by atoms with van der Waals surface area (Å²) in [5.74, 6) is -0.440. The second-order valence-electron chi connectivity index (χ2n) is 3.92. The van der Waals surface area contributed by atoms with E-state index in [4.69, 9.17) is 0 Å². The molecule has 1 fully saturated rings. The molecule has 19 heavy (non-hydrogen) atoms. The van der Waals surface area contributed by atoms with E-state index in [0.29, 0.717) is 4.47 Å². The predicted octanol–water partition coefficient (Wildman–Crippen LogP) is 2.91. The van der Waals surface area contributed by atoms with Gasteiger partial charge in [0.15, 0.2) is 0 Å². The number of nitrogens with zero attached hydrogens (tertiary/aromatic N) is 1. The molecule has 3 amide bonds. The molecule has 8 heteroatoms. The van der Waals surface area contributed by atoms with Gasteiger partial charge in [0.05, 0.1) is 11.3 Å². The van der Waals surface area contributed by atoms with Gasteiger partial charge in [-0.25, -0.2) is 4.79 Å². The summed E-state index contributed by atoms with van der Waals surface area (Å²) in [6.07, 6.45) is -4.44. The minimum Gasteiger partial charge on any atom is -0.292 e. The largest absolute Gasteiger partial charge is 0.416 e. The van der Waals surface area contributed by atoms with Crippen molar-refractivity contribution in [2.45, 2.75) is 12.6 Å². The fourth-order valence-corrected chi connectivity index (χ4v) is 2.15. The molecule has 0 radical (unpaired) electrons. The number of carbonyl (C=O) groups is 2. The first-order chi connectivity index (χ1) is 8.79. The van der Waals surface area contributed by atoms with E-state index < -0.39 is 23.7 Å². The van der Waals surface area contributed by atoms with Crippen LogP contribution in [-0.4, -0.2) is 18.5 Å². The summed E-state index contributed by atoms with van der Waals surface area (Å²) in [7, 11) is 0. The maximum atomic E-state index is 12.6. The second kappa shape index (κ2) is 4.84. The molecule has 0 aliphatic carbocycles. The molecule has 1 aliphatic rings. The predicted molar refractivity (Wildman–Crippen MR) is 64.6 cm³/mol. The van der Waals surface area contributed by atoms with Crippen LogP contribution in [0.15, 0.2) is 22.7 Å². The van der Waals surface area contributed by atoms with Crippen LogP contribution >= 0.6 is 15.9 Å². The molecule has 0 aromatic heterocycles. The first-order valence-electron chi connectivity index (χ1n) is 5.27. The van der Waals surface area contributed by atoms with Gasteiger partial charge in [0.1, 0.15) is 0 Å². The fourth-order valence-electron chi connectivity index (χ4n) is 1.69. The number of imide groups is 1. The summed E-state index contributed by atoms with van der Waals surface area (Å²) in [6, 6.07) is 2.29. The third-order valence-corrected chi connectivity index (χ3v) is 3.29. The Balaban J connectivity index is 2.39. The quantitative estimate of drug-likeness (QED) is 0.857. The van der Waals surface area contributed by atoms with Crippen molar-refractivity contribution in [1.82, 2.24) is 5.32 Å². The Kier molecular flexibility index (Phi) is 3.53. The van der Waals surface area contributed by atoms with Crippen molar-refractivity contribution >= 4 is 33.6 Å². The van der Waals surface area contributed by atoms with Crippen molar-refractivity contribution in [2.24, 2.45) is 0 Å². The number of halogens is 4. The van der Waals surface area contributed by atoms with Gasteiger partial charge in [0.25, 0.3) is 0 Å². The number of nitrogens with one attached hydrogen (secondary N) is 1. The van der Waals surface area contributed by atoms with Gasteiger partial charge in [-0.2, -0.15) is 13.2 Å². The Labute approximate surface area is 114 Å². The topological polar surface area (TPSA) is 49.4 Å². The highest BCUT2D eigenvalue weighted by molar-refractivity contribution is 9.10. The number of hydrogen-bond acceptors (Lipinski definition) is 2. The number of amides is 3. The number of rotatable bonds is 1. The van der Waals surface area contributed by atoms with Crippen LogP contribution in [0.5, 0.6) is 0 Å². The molecule has 0 spiro atoms. The first kappa shape index (κ1) is 13.9. The minimum absolute atomic E-state index is 0.0462. The second-order valence-corrected chi connectivity index (χ2v) is 4.77. The van der Waals surface area contributed by atoms with Crippen LogP contribution in [0.2, 0.25) is 0 Å².